The number of carbonyl (C=O) groups is 2. The summed E-state index contributed by atoms with van der Waals surface area (Å²) in [7, 11) is 0. The smallest absolute Gasteiger partial charge is 0.309 e. The maximum Gasteiger partial charge on any atom is 0.309 e. The third-order valence-electron chi connectivity index (χ3n) is 2.64. The van der Waals surface area contributed by atoms with E-state index in [0.717, 1.165) is 0 Å². The lowest BCUT2D eigenvalue weighted by Crippen LogP contribution is -2.24. The average molecular weight is 262 g/mol. The summed E-state index contributed by atoms with van der Waals surface area (Å²) in [6.45, 7) is 3.12. The maximum absolute atomic E-state index is 11.3. The van der Waals surface area contributed by atoms with E-state index in [1.165, 1.54) is 0 Å². The lowest BCUT2D eigenvalue weighted by atomic mass is 9.87. The fourth-order valence-electron chi connectivity index (χ4n) is 1.32. The fourth-order valence-corrected chi connectivity index (χ4v) is 1.32. The second-order valence-electron chi connectivity index (χ2n) is 4.85. The van der Waals surface area contributed by atoms with Crippen LogP contribution in [0.25, 0.3) is 0 Å². The number of ether oxygens (including phenoxy) is 1. The standard InChI is InChI=1S/C12H22O6/c1-12(2,11(16)17)7-3-5-9(14)18-10(15)6-4-8-13/h10,13,15H,3-8H2,1-2H3,(H,16,17). The van der Waals surface area contributed by atoms with Crippen LogP contribution in [0, 0.1) is 5.41 Å². The number of carboxylic acids is 1. The van der Waals surface area contributed by atoms with Gasteiger partial charge in [0, 0.05) is 19.4 Å². The van der Waals surface area contributed by atoms with Crippen LogP contribution in [0.4, 0.5) is 0 Å². The van der Waals surface area contributed by atoms with Gasteiger partial charge < -0.3 is 20.1 Å². The predicted octanol–water partition coefficient (Wildman–Crippen LogP) is 0.902. The van der Waals surface area contributed by atoms with E-state index in [1.807, 2.05) is 0 Å². The number of carbonyl (C=O) groups excluding carboxylic acids is 1. The third-order valence-corrected chi connectivity index (χ3v) is 2.64. The molecule has 0 spiro atoms. The second-order valence-corrected chi connectivity index (χ2v) is 4.85. The topological polar surface area (TPSA) is 104 Å². The molecule has 0 saturated heterocycles. The van der Waals surface area contributed by atoms with Gasteiger partial charge >= 0.3 is 11.9 Å². The van der Waals surface area contributed by atoms with E-state index in [4.69, 9.17) is 10.2 Å². The predicted molar refractivity (Wildman–Crippen MR) is 63.7 cm³/mol. The van der Waals surface area contributed by atoms with E-state index in [2.05, 4.69) is 4.74 Å². The summed E-state index contributed by atoms with van der Waals surface area (Å²) in [6.07, 6.45) is 0.197. The molecule has 6 heteroatoms. The number of rotatable bonds is 9. The molecule has 0 aromatic heterocycles. The Bertz CT molecular complexity index is 274. The van der Waals surface area contributed by atoms with E-state index >= 15 is 0 Å². The molecule has 1 atom stereocenters. The Kier molecular flexibility index (Phi) is 7.54. The van der Waals surface area contributed by atoms with Crippen molar-refractivity contribution in [2.75, 3.05) is 6.61 Å². The SMILES string of the molecule is CC(C)(CCCC(=O)OC(O)CCCO)C(=O)O. The molecule has 0 aromatic rings. The van der Waals surface area contributed by atoms with Crippen molar-refractivity contribution in [1.82, 2.24) is 0 Å². The van der Waals surface area contributed by atoms with Gasteiger partial charge in [0.25, 0.3) is 0 Å². The van der Waals surface area contributed by atoms with Crippen LogP contribution in [0.15, 0.2) is 0 Å². The van der Waals surface area contributed by atoms with Crippen molar-refractivity contribution in [1.29, 1.82) is 0 Å². The first-order valence-corrected chi connectivity index (χ1v) is 6.01. The molecule has 0 aliphatic carbocycles. The number of carboxylic acid groups (broad SMARTS) is 1. The number of aliphatic hydroxyl groups is 2. The van der Waals surface area contributed by atoms with Crippen molar-refractivity contribution < 1.29 is 29.6 Å². The minimum atomic E-state index is -1.20. The van der Waals surface area contributed by atoms with Crippen molar-refractivity contribution in [3.8, 4) is 0 Å². The number of aliphatic hydroxyl groups excluding tert-OH is 2. The van der Waals surface area contributed by atoms with Crippen molar-refractivity contribution in [2.24, 2.45) is 5.41 Å². The van der Waals surface area contributed by atoms with Crippen molar-refractivity contribution in [3.63, 3.8) is 0 Å². The molecule has 0 rings (SSSR count). The van der Waals surface area contributed by atoms with Gasteiger partial charge in [-0.1, -0.05) is 0 Å². The molecule has 1 unspecified atom stereocenters. The Morgan fingerprint density at radius 3 is 2.39 bits per heavy atom. The average Bonchev–Trinajstić information content (AvgIpc) is 2.25. The summed E-state index contributed by atoms with van der Waals surface area (Å²) < 4.78 is 4.69. The molecule has 0 amide bonds. The van der Waals surface area contributed by atoms with Crippen molar-refractivity contribution in [3.05, 3.63) is 0 Å². The fraction of sp³-hybridized carbons (Fsp3) is 0.833. The first-order chi connectivity index (χ1) is 8.29. The first kappa shape index (κ1) is 16.9. The highest BCUT2D eigenvalue weighted by molar-refractivity contribution is 5.73. The van der Waals surface area contributed by atoms with Crippen LogP contribution in [-0.2, 0) is 14.3 Å². The van der Waals surface area contributed by atoms with E-state index in [9.17, 15) is 14.7 Å². The molecule has 3 N–H and O–H groups in total. The second kappa shape index (κ2) is 8.05. The lowest BCUT2D eigenvalue weighted by molar-refractivity contribution is -0.169. The van der Waals surface area contributed by atoms with Crippen molar-refractivity contribution in [2.45, 2.75) is 52.2 Å². The van der Waals surface area contributed by atoms with Gasteiger partial charge in [0.15, 0.2) is 0 Å². The highest BCUT2D eigenvalue weighted by Gasteiger charge is 2.26. The normalized spacial score (nSPS) is 13.1. The van der Waals surface area contributed by atoms with Gasteiger partial charge in [-0.15, -0.1) is 0 Å². The number of aliphatic carboxylic acids is 1. The van der Waals surface area contributed by atoms with Crippen LogP contribution in [0.5, 0.6) is 0 Å². The van der Waals surface area contributed by atoms with Gasteiger partial charge in [-0.25, -0.2) is 0 Å². The molecule has 18 heavy (non-hydrogen) atoms. The third kappa shape index (κ3) is 7.24. The van der Waals surface area contributed by atoms with Crippen LogP contribution >= 0.6 is 0 Å². The largest absolute Gasteiger partial charge is 0.481 e. The zero-order valence-corrected chi connectivity index (χ0v) is 10.9. The number of hydrogen-bond donors (Lipinski definition) is 3. The molecule has 6 nitrogen and oxygen atoms in total. The van der Waals surface area contributed by atoms with Gasteiger partial charge in [0.05, 0.1) is 5.41 Å². The zero-order chi connectivity index (χ0) is 14.2. The number of esters is 1. The summed E-state index contributed by atoms with van der Waals surface area (Å²) in [5.74, 6) is -1.46. The Morgan fingerprint density at radius 1 is 1.28 bits per heavy atom. The van der Waals surface area contributed by atoms with Gasteiger partial charge in [-0.2, -0.15) is 0 Å². The van der Waals surface area contributed by atoms with E-state index in [1.54, 1.807) is 13.8 Å². The molecule has 0 aliphatic rings. The van der Waals surface area contributed by atoms with Gasteiger partial charge in [0.2, 0.25) is 6.29 Å². The van der Waals surface area contributed by atoms with Crippen LogP contribution in [0.3, 0.4) is 0 Å². The molecule has 0 bridgehead atoms. The summed E-state index contributed by atoms with van der Waals surface area (Å²) in [4.78, 5) is 22.1. The van der Waals surface area contributed by atoms with Crippen LogP contribution in [0.2, 0.25) is 0 Å². The summed E-state index contributed by atoms with van der Waals surface area (Å²) in [5.41, 5.74) is -0.865. The summed E-state index contributed by atoms with van der Waals surface area (Å²) in [5, 5.41) is 26.6. The highest BCUT2D eigenvalue weighted by Crippen LogP contribution is 2.23. The Morgan fingerprint density at radius 2 is 1.89 bits per heavy atom. The quantitative estimate of drug-likeness (QED) is 0.421. The molecule has 0 fully saturated rings. The molecule has 0 saturated carbocycles. The van der Waals surface area contributed by atoms with Crippen LogP contribution in [-0.4, -0.2) is 40.2 Å². The Labute approximate surface area is 107 Å². The maximum atomic E-state index is 11.3. The van der Waals surface area contributed by atoms with E-state index in [-0.39, 0.29) is 19.4 Å². The summed E-state index contributed by atoms with van der Waals surface area (Å²) in [6, 6.07) is 0. The van der Waals surface area contributed by atoms with E-state index < -0.39 is 23.6 Å². The molecule has 0 aromatic carbocycles. The molecule has 0 radical (unpaired) electrons. The monoisotopic (exact) mass is 262 g/mol. The Hall–Kier alpha value is -1.14. The first-order valence-electron chi connectivity index (χ1n) is 6.01. The van der Waals surface area contributed by atoms with Crippen molar-refractivity contribution >= 4 is 11.9 Å². The lowest BCUT2D eigenvalue weighted by Gasteiger charge is -2.18. The number of hydrogen-bond acceptors (Lipinski definition) is 5. The van der Waals surface area contributed by atoms with Gasteiger partial charge in [0.1, 0.15) is 0 Å². The van der Waals surface area contributed by atoms with Gasteiger partial charge in [-0.3, -0.25) is 9.59 Å². The minimum absolute atomic E-state index is 0.0680. The Balaban J connectivity index is 3.81. The molecular formula is C12H22O6. The highest BCUT2D eigenvalue weighted by atomic mass is 16.6. The molecular weight excluding hydrogens is 240 g/mol. The molecule has 0 heterocycles. The molecule has 0 aliphatic heterocycles. The molecule has 106 valence electrons. The van der Waals surface area contributed by atoms with Crippen LogP contribution in [0.1, 0.15) is 46.0 Å². The van der Waals surface area contributed by atoms with E-state index in [0.29, 0.717) is 19.3 Å². The minimum Gasteiger partial charge on any atom is -0.481 e. The zero-order valence-electron chi connectivity index (χ0n) is 10.9. The van der Waals surface area contributed by atoms with Crippen LogP contribution < -0.4 is 0 Å². The van der Waals surface area contributed by atoms with Gasteiger partial charge in [-0.05, 0) is 33.1 Å². The summed E-state index contributed by atoms with van der Waals surface area (Å²) >= 11 is 0.